The molecule has 0 atom stereocenters. The molecule has 0 aromatic heterocycles. The van der Waals surface area contributed by atoms with Gasteiger partial charge in [-0.05, 0) is 25.7 Å². The molecular formula is C13H22N2O2. The molecule has 1 aliphatic carbocycles. The fraction of sp³-hybridized carbons (Fsp3) is 0.846. The van der Waals surface area contributed by atoms with E-state index >= 15 is 0 Å². The number of nitrogens with zero attached hydrogens (tertiary/aromatic N) is 1. The average Bonchev–Trinajstić information content (AvgIpc) is 2.40. The van der Waals surface area contributed by atoms with Crippen molar-refractivity contribution < 1.29 is 9.59 Å². The largest absolute Gasteiger partial charge is 0.353 e. The molecule has 2 fully saturated rings. The zero-order valence-corrected chi connectivity index (χ0v) is 10.4. The Labute approximate surface area is 103 Å². The Balaban J connectivity index is 1.74. The fourth-order valence-electron chi connectivity index (χ4n) is 2.83. The number of nitrogens with one attached hydrogen (secondary N) is 1. The topological polar surface area (TPSA) is 49.4 Å². The molecule has 0 unspecified atom stereocenters. The third-order valence-corrected chi connectivity index (χ3v) is 4.00. The van der Waals surface area contributed by atoms with Crippen molar-refractivity contribution in [1.29, 1.82) is 0 Å². The lowest BCUT2D eigenvalue weighted by atomic mass is 9.92. The van der Waals surface area contributed by atoms with E-state index in [1.54, 1.807) is 4.90 Å². The Bertz CT molecular complexity index is 267. The van der Waals surface area contributed by atoms with Gasteiger partial charge in [-0.1, -0.05) is 19.3 Å². The van der Waals surface area contributed by atoms with Crippen LogP contribution in [0.1, 0.15) is 44.9 Å². The second-order valence-corrected chi connectivity index (χ2v) is 5.26. The van der Waals surface area contributed by atoms with Gasteiger partial charge in [0, 0.05) is 25.0 Å². The van der Waals surface area contributed by atoms with Gasteiger partial charge in [-0.25, -0.2) is 0 Å². The summed E-state index contributed by atoms with van der Waals surface area (Å²) in [6.45, 7) is 1.46. The molecule has 17 heavy (non-hydrogen) atoms. The Hall–Kier alpha value is -1.06. The van der Waals surface area contributed by atoms with Gasteiger partial charge in [-0.3, -0.25) is 9.59 Å². The van der Waals surface area contributed by atoms with Crippen LogP contribution in [0.3, 0.4) is 0 Å². The summed E-state index contributed by atoms with van der Waals surface area (Å²) < 4.78 is 0. The van der Waals surface area contributed by atoms with Crippen LogP contribution in [-0.4, -0.2) is 36.3 Å². The molecule has 4 heteroatoms. The zero-order chi connectivity index (χ0) is 12.1. The van der Waals surface area contributed by atoms with Gasteiger partial charge in [0.15, 0.2) is 0 Å². The van der Waals surface area contributed by atoms with Gasteiger partial charge >= 0.3 is 0 Å². The molecule has 0 radical (unpaired) electrons. The van der Waals surface area contributed by atoms with Crippen molar-refractivity contribution in [2.24, 2.45) is 5.92 Å². The summed E-state index contributed by atoms with van der Waals surface area (Å²) in [7, 11) is 0. The number of amides is 2. The van der Waals surface area contributed by atoms with E-state index in [1.807, 2.05) is 0 Å². The van der Waals surface area contributed by atoms with E-state index in [-0.39, 0.29) is 11.8 Å². The molecular weight excluding hydrogens is 216 g/mol. The number of hydrogen-bond donors (Lipinski definition) is 1. The highest BCUT2D eigenvalue weighted by molar-refractivity contribution is 5.79. The van der Waals surface area contributed by atoms with Gasteiger partial charge in [-0.15, -0.1) is 0 Å². The minimum absolute atomic E-state index is 0.119. The van der Waals surface area contributed by atoms with Gasteiger partial charge in [0.05, 0.1) is 0 Å². The van der Waals surface area contributed by atoms with Crippen molar-refractivity contribution >= 4 is 12.3 Å². The normalized spacial score (nSPS) is 23.4. The first-order valence-electron chi connectivity index (χ1n) is 6.79. The van der Waals surface area contributed by atoms with Crippen LogP contribution in [0.15, 0.2) is 0 Å². The first-order valence-corrected chi connectivity index (χ1v) is 6.79. The Morgan fingerprint density at radius 1 is 1.06 bits per heavy atom. The lowest BCUT2D eigenvalue weighted by Gasteiger charge is -2.30. The quantitative estimate of drug-likeness (QED) is 0.754. The standard InChI is InChI=1S/C13H22N2O2/c16-10-15-8-6-11(7-9-15)13(17)14-12-4-2-1-3-5-12/h10-12H,1-9H2,(H,14,17). The van der Waals surface area contributed by atoms with Crippen LogP contribution in [0.5, 0.6) is 0 Å². The predicted octanol–water partition coefficient (Wildman–Crippen LogP) is 1.30. The lowest BCUT2D eigenvalue weighted by Crippen LogP contribution is -2.44. The van der Waals surface area contributed by atoms with Crippen molar-refractivity contribution in [1.82, 2.24) is 10.2 Å². The summed E-state index contributed by atoms with van der Waals surface area (Å²) in [4.78, 5) is 24.4. The maximum atomic E-state index is 12.0. The van der Waals surface area contributed by atoms with Crippen LogP contribution in [-0.2, 0) is 9.59 Å². The SMILES string of the molecule is O=CN1CCC(C(=O)NC2CCCCC2)CC1. The Kier molecular flexibility index (Phi) is 4.40. The molecule has 1 heterocycles. The molecule has 4 nitrogen and oxygen atoms in total. The zero-order valence-electron chi connectivity index (χ0n) is 10.4. The van der Waals surface area contributed by atoms with Crippen LogP contribution >= 0.6 is 0 Å². The summed E-state index contributed by atoms with van der Waals surface area (Å²) in [6, 6.07) is 0.403. The molecule has 1 N–H and O–H groups in total. The number of hydrogen-bond acceptors (Lipinski definition) is 2. The van der Waals surface area contributed by atoms with Crippen molar-refractivity contribution in [3.05, 3.63) is 0 Å². The second-order valence-electron chi connectivity index (χ2n) is 5.26. The van der Waals surface area contributed by atoms with Gasteiger partial charge in [0.25, 0.3) is 0 Å². The van der Waals surface area contributed by atoms with E-state index in [1.165, 1.54) is 19.3 Å². The molecule has 2 amide bonds. The molecule has 0 aromatic carbocycles. The molecule has 0 aromatic rings. The summed E-state index contributed by atoms with van der Waals surface area (Å²) >= 11 is 0. The van der Waals surface area contributed by atoms with Crippen LogP contribution in [0.2, 0.25) is 0 Å². The second kappa shape index (κ2) is 6.03. The average molecular weight is 238 g/mol. The maximum absolute atomic E-state index is 12.0. The number of piperidine rings is 1. The van der Waals surface area contributed by atoms with Crippen LogP contribution in [0.25, 0.3) is 0 Å². The number of likely N-dealkylation sites (tertiary alicyclic amines) is 1. The summed E-state index contributed by atoms with van der Waals surface area (Å²) in [5.41, 5.74) is 0. The minimum Gasteiger partial charge on any atom is -0.353 e. The van der Waals surface area contributed by atoms with Crippen LogP contribution in [0.4, 0.5) is 0 Å². The molecule has 1 saturated heterocycles. The third kappa shape index (κ3) is 3.45. The first kappa shape index (κ1) is 12.4. The van der Waals surface area contributed by atoms with Crippen LogP contribution in [0, 0.1) is 5.92 Å². The van der Waals surface area contributed by atoms with Gasteiger partial charge in [0.2, 0.25) is 12.3 Å². The Morgan fingerprint density at radius 2 is 1.71 bits per heavy atom. The fourth-order valence-corrected chi connectivity index (χ4v) is 2.83. The van der Waals surface area contributed by atoms with E-state index < -0.39 is 0 Å². The maximum Gasteiger partial charge on any atom is 0.223 e. The highest BCUT2D eigenvalue weighted by atomic mass is 16.2. The molecule has 1 saturated carbocycles. The molecule has 1 aliphatic heterocycles. The number of carbonyl (C=O) groups excluding carboxylic acids is 2. The number of rotatable bonds is 3. The van der Waals surface area contributed by atoms with Crippen molar-refractivity contribution in [3.63, 3.8) is 0 Å². The summed E-state index contributed by atoms with van der Waals surface area (Å²) in [5.74, 6) is 0.329. The van der Waals surface area contributed by atoms with Gasteiger partial charge < -0.3 is 10.2 Å². The minimum atomic E-state index is 0.119. The smallest absolute Gasteiger partial charge is 0.223 e. The molecule has 96 valence electrons. The summed E-state index contributed by atoms with van der Waals surface area (Å²) in [5, 5.41) is 3.18. The van der Waals surface area contributed by atoms with Crippen molar-refractivity contribution in [2.75, 3.05) is 13.1 Å². The van der Waals surface area contributed by atoms with E-state index in [2.05, 4.69) is 5.32 Å². The number of carbonyl (C=O) groups is 2. The Morgan fingerprint density at radius 3 is 2.29 bits per heavy atom. The highest BCUT2D eigenvalue weighted by Gasteiger charge is 2.26. The van der Waals surface area contributed by atoms with Crippen LogP contribution < -0.4 is 5.32 Å². The molecule has 2 aliphatic rings. The lowest BCUT2D eigenvalue weighted by molar-refractivity contribution is -0.129. The van der Waals surface area contributed by atoms with E-state index in [0.717, 1.165) is 45.2 Å². The first-order chi connectivity index (χ1) is 8.29. The highest BCUT2D eigenvalue weighted by Crippen LogP contribution is 2.20. The van der Waals surface area contributed by atoms with E-state index in [0.29, 0.717) is 6.04 Å². The van der Waals surface area contributed by atoms with E-state index in [4.69, 9.17) is 0 Å². The molecule has 0 bridgehead atoms. The van der Waals surface area contributed by atoms with Gasteiger partial charge in [-0.2, -0.15) is 0 Å². The monoisotopic (exact) mass is 238 g/mol. The van der Waals surface area contributed by atoms with Gasteiger partial charge in [0.1, 0.15) is 0 Å². The molecule has 2 rings (SSSR count). The van der Waals surface area contributed by atoms with E-state index in [9.17, 15) is 9.59 Å². The van der Waals surface area contributed by atoms with Crippen molar-refractivity contribution in [2.45, 2.75) is 51.0 Å². The predicted molar refractivity (Wildman–Crippen MR) is 65.4 cm³/mol. The summed E-state index contributed by atoms with van der Waals surface area (Å²) in [6.07, 6.45) is 8.59. The van der Waals surface area contributed by atoms with Crippen molar-refractivity contribution in [3.8, 4) is 0 Å². The molecule has 0 spiro atoms. The third-order valence-electron chi connectivity index (χ3n) is 4.00.